The highest BCUT2D eigenvalue weighted by molar-refractivity contribution is 9.10. The number of rotatable bonds is 10. The number of H-pyrrole nitrogens is 1. The first-order valence-electron chi connectivity index (χ1n) is 9.63. The molecule has 0 atom stereocenters. The van der Waals surface area contributed by atoms with Crippen molar-refractivity contribution in [3.05, 3.63) is 76.9 Å². The normalized spacial score (nSPS) is 11.4. The van der Waals surface area contributed by atoms with Crippen LogP contribution in [0.25, 0.3) is 0 Å². The van der Waals surface area contributed by atoms with Gasteiger partial charge in [0.25, 0.3) is 0 Å². The van der Waals surface area contributed by atoms with Gasteiger partial charge >= 0.3 is 0 Å². The van der Waals surface area contributed by atoms with Gasteiger partial charge in [-0.05, 0) is 36.2 Å². The molecule has 2 aromatic heterocycles. The van der Waals surface area contributed by atoms with Crippen LogP contribution in [0.4, 0.5) is 5.82 Å². The van der Waals surface area contributed by atoms with Crippen LogP contribution >= 0.6 is 15.9 Å². The van der Waals surface area contributed by atoms with Gasteiger partial charge < -0.3 is 20.9 Å². The van der Waals surface area contributed by atoms with Gasteiger partial charge in [0.2, 0.25) is 0 Å². The summed E-state index contributed by atoms with van der Waals surface area (Å²) in [5.74, 6) is 2.36. The van der Waals surface area contributed by atoms with Gasteiger partial charge in [0.1, 0.15) is 11.6 Å². The Morgan fingerprint density at radius 2 is 2.00 bits per heavy atom. The molecule has 0 spiro atoms. The van der Waals surface area contributed by atoms with Crippen molar-refractivity contribution in [1.29, 1.82) is 0 Å². The fourth-order valence-electron chi connectivity index (χ4n) is 2.89. The molecule has 4 N–H and O–H groups in total. The summed E-state index contributed by atoms with van der Waals surface area (Å²) in [6, 6.07) is 14.3. The van der Waals surface area contributed by atoms with E-state index in [1.54, 1.807) is 6.20 Å². The number of aliphatic imine (C=N–C) groups is 1. The number of nitrogens with two attached hydrogens (primary N) is 1. The number of benzene rings is 1. The maximum Gasteiger partial charge on any atom is 0.188 e. The Morgan fingerprint density at radius 3 is 2.72 bits per heavy atom. The molecular weight excluding hydrogens is 430 g/mol. The summed E-state index contributed by atoms with van der Waals surface area (Å²) in [5, 5.41) is 3.12. The second-order valence-electron chi connectivity index (χ2n) is 6.57. The van der Waals surface area contributed by atoms with Crippen LogP contribution in [0.3, 0.4) is 0 Å². The quantitative estimate of drug-likeness (QED) is 0.248. The Hall–Kier alpha value is -2.87. The number of hydrogen-bond donors (Lipinski definition) is 3. The summed E-state index contributed by atoms with van der Waals surface area (Å²) in [4.78, 5) is 18.5. The third-order valence-corrected chi connectivity index (χ3v) is 4.88. The number of halogens is 1. The fraction of sp³-hybridized carbons (Fsp3) is 0.286. The highest BCUT2D eigenvalue weighted by atomic mass is 79.9. The van der Waals surface area contributed by atoms with Crippen LogP contribution in [-0.4, -0.2) is 40.5 Å². The second-order valence-corrected chi connectivity index (χ2v) is 7.48. The largest absolute Gasteiger partial charge is 0.370 e. The summed E-state index contributed by atoms with van der Waals surface area (Å²) in [6.07, 6.45) is 7.04. The molecule has 0 aliphatic carbocycles. The lowest BCUT2D eigenvalue weighted by Gasteiger charge is -2.23. The van der Waals surface area contributed by atoms with E-state index in [1.807, 2.05) is 30.6 Å². The molecule has 0 bridgehead atoms. The van der Waals surface area contributed by atoms with Crippen molar-refractivity contribution in [3.8, 4) is 0 Å². The summed E-state index contributed by atoms with van der Waals surface area (Å²) in [5.41, 5.74) is 7.19. The molecule has 0 saturated heterocycles. The molecule has 3 rings (SSSR count). The number of aromatic nitrogens is 3. The third kappa shape index (κ3) is 7.23. The molecule has 8 heteroatoms. The van der Waals surface area contributed by atoms with Crippen LogP contribution in [-0.2, 0) is 13.0 Å². The van der Waals surface area contributed by atoms with Crippen molar-refractivity contribution in [2.45, 2.75) is 19.4 Å². The minimum absolute atomic E-state index is 0.467. The number of guanidine groups is 1. The molecule has 7 nitrogen and oxygen atoms in total. The summed E-state index contributed by atoms with van der Waals surface area (Å²) >= 11 is 3.49. The lowest BCUT2D eigenvalue weighted by Crippen LogP contribution is -2.33. The predicted octanol–water partition coefficient (Wildman–Crippen LogP) is 3.11. The minimum atomic E-state index is 0.467. The molecule has 29 heavy (non-hydrogen) atoms. The number of nitrogens with zero attached hydrogens (tertiary/aromatic N) is 4. The van der Waals surface area contributed by atoms with Gasteiger partial charge in [0, 0.05) is 55.7 Å². The van der Waals surface area contributed by atoms with E-state index in [4.69, 9.17) is 5.73 Å². The molecule has 1 aromatic carbocycles. The van der Waals surface area contributed by atoms with Gasteiger partial charge in [-0.1, -0.05) is 34.1 Å². The maximum atomic E-state index is 5.96. The Bertz CT molecular complexity index is 864. The van der Waals surface area contributed by atoms with Gasteiger partial charge in [-0.25, -0.2) is 9.97 Å². The average Bonchev–Trinajstić information content (AvgIpc) is 3.26. The maximum absolute atomic E-state index is 5.96. The number of aromatic amines is 1. The molecule has 2 heterocycles. The van der Waals surface area contributed by atoms with E-state index in [0.29, 0.717) is 19.0 Å². The molecule has 0 unspecified atom stereocenters. The standard InChI is InChI=1S/C21H26BrN7/c22-18-7-5-17(6-8-18)16-29(20-4-1-2-10-26-20)15-3-11-27-21(23)28-12-9-19-24-13-14-25-19/h1-2,4-8,10,13-14H,3,9,11-12,15-16H2,(H,24,25)(H3,23,27,28). The zero-order valence-electron chi connectivity index (χ0n) is 16.3. The molecule has 0 saturated carbocycles. The van der Waals surface area contributed by atoms with E-state index in [1.165, 1.54) is 5.56 Å². The Kier molecular flexibility index (Phi) is 8.06. The zero-order valence-corrected chi connectivity index (χ0v) is 17.8. The Balaban J connectivity index is 1.48. The topological polar surface area (TPSA) is 95.2 Å². The van der Waals surface area contributed by atoms with Crippen LogP contribution < -0.4 is 16.0 Å². The number of imidazole rings is 1. The molecule has 0 fully saturated rings. The Labute approximate surface area is 179 Å². The third-order valence-electron chi connectivity index (χ3n) is 4.35. The monoisotopic (exact) mass is 455 g/mol. The molecule has 152 valence electrons. The zero-order chi connectivity index (χ0) is 20.3. The van der Waals surface area contributed by atoms with Crippen molar-refractivity contribution >= 4 is 27.7 Å². The van der Waals surface area contributed by atoms with E-state index >= 15 is 0 Å². The first-order chi connectivity index (χ1) is 14.2. The molecule has 0 aliphatic heterocycles. The molecule has 0 amide bonds. The van der Waals surface area contributed by atoms with Gasteiger partial charge in [0.15, 0.2) is 5.96 Å². The van der Waals surface area contributed by atoms with E-state index < -0.39 is 0 Å². The first-order valence-corrected chi connectivity index (χ1v) is 10.4. The van der Waals surface area contributed by atoms with Crippen molar-refractivity contribution in [2.75, 3.05) is 24.5 Å². The van der Waals surface area contributed by atoms with E-state index in [9.17, 15) is 0 Å². The first kappa shape index (κ1) is 20.9. The SMILES string of the molecule is NC(=NCCCN(Cc1ccc(Br)cc1)c1ccccn1)NCCc1ncc[nH]1. The summed E-state index contributed by atoms with van der Waals surface area (Å²) < 4.78 is 1.08. The van der Waals surface area contributed by atoms with Crippen LogP contribution in [0.5, 0.6) is 0 Å². The van der Waals surface area contributed by atoms with Crippen molar-refractivity contribution in [2.24, 2.45) is 10.7 Å². The van der Waals surface area contributed by atoms with Crippen LogP contribution in [0.2, 0.25) is 0 Å². The smallest absolute Gasteiger partial charge is 0.188 e. The van der Waals surface area contributed by atoms with E-state index in [2.05, 4.69) is 70.4 Å². The number of anilines is 1. The minimum Gasteiger partial charge on any atom is -0.370 e. The molecule has 3 aromatic rings. The Morgan fingerprint density at radius 1 is 1.14 bits per heavy atom. The van der Waals surface area contributed by atoms with Crippen molar-refractivity contribution < 1.29 is 0 Å². The molecular formula is C21H26BrN7. The van der Waals surface area contributed by atoms with Crippen LogP contribution in [0.15, 0.2) is 70.5 Å². The lowest BCUT2D eigenvalue weighted by molar-refractivity contribution is 0.722. The number of nitrogens with one attached hydrogen (secondary N) is 2. The van der Waals surface area contributed by atoms with E-state index in [0.717, 1.165) is 42.0 Å². The highest BCUT2D eigenvalue weighted by Gasteiger charge is 2.08. The van der Waals surface area contributed by atoms with Crippen LogP contribution in [0, 0.1) is 0 Å². The van der Waals surface area contributed by atoms with Gasteiger partial charge in [0.05, 0.1) is 0 Å². The number of hydrogen-bond acceptors (Lipinski definition) is 4. The van der Waals surface area contributed by atoms with Gasteiger partial charge in [-0.2, -0.15) is 0 Å². The number of pyridine rings is 1. The fourth-order valence-corrected chi connectivity index (χ4v) is 3.15. The summed E-state index contributed by atoms with van der Waals surface area (Å²) in [7, 11) is 0. The summed E-state index contributed by atoms with van der Waals surface area (Å²) in [6.45, 7) is 3.00. The average molecular weight is 456 g/mol. The lowest BCUT2D eigenvalue weighted by atomic mass is 10.2. The van der Waals surface area contributed by atoms with Gasteiger partial charge in [-0.3, -0.25) is 4.99 Å². The second kappa shape index (κ2) is 11.2. The van der Waals surface area contributed by atoms with Gasteiger partial charge in [-0.15, -0.1) is 0 Å². The van der Waals surface area contributed by atoms with E-state index in [-0.39, 0.29) is 0 Å². The van der Waals surface area contributed by atoms with Crippen molar-refractivity contribution in [1.82, 2.24) is 20.3 Å². The van der Waals surface area contributed by atoms with Crippen LogP contribution in [0.1, 0.15) is 17.8 Å². The molecule has 0 aliphatic rings. The van der Waals surface area contributed by atoms with Crippen molar-refractivity contribution in [3.63, 3.8) is 0 Å². The molecule has 0 radical (unpaired) electrons. The highest BCUT2D eigenvalue weighted by Crippen LogP contribution is 2.16. The predicted molar refractivity (Wildman–Crippen MR) is 121 cm³/mol.